The third-order valence-corrected chi connectivity index (χ3v) is 2.73. The zero-order chi connectivity index (χ0) is 11.4. The number of carbonyl (C=O) groups is 1. The van der Waals surface area contributed by atoms with Crippen LogP contribution in [-0.4, -0.2) is 18.0 Å². The van der Waals surface area contributed by atoms with Gasteiger partial charge in [0.2, 0.25) is 0 Å². The minimum Gasteiger partial charge on any atom is -0.469 e. The van der Waals surface area contributed by atoms with Gasteiger partial charge in [-0.3, -0.25) is 14.9 Å². The first kappa shape index (κ1) is 14.8. The van der Waals surface area contributed by atoms with E-state index in [1.807, 2.05) is 0 Å². The number of rotatable bonds is 4. The van der Waals surface area contributed by atoms with Gasteiger partial charge in [-0.25, -0.2) is 0 Å². The van der Waals surface area contributed by atoms with Gasteiger partial charge in [0.15, 0.2) is 0 Å². The van der Waals surface area contributed by atoms with Crippen molar-refractivity contribution in [3.05, 3.63) is 27.1 Å². The van der Waals surface area contributed by atoms with Crippen molar-refractivity contribution < 1.29 is 14.5 Å². The zero-order valence-corrected chi connectivity index (χ0v) is 10.0. The van der Waals surface area contributed by atoms with Gasteiger partial charge in [0, 0.05) is 17.5 Å². The molecule has 0 bridgehead atoms. The number of nitrogens with two attached hydrogens (primary N) is 1. The van der Waals surface area contributed by atoms with E-state index < -0.39 is 16.9 Å². The Morgan fingerprint density at radius 3 is 2.81 bits per heavy atom. The molecular weight excluding hydrogens is 256 g/mol. The molecule has 0 saturated heterocycles. The zero-order valence-electron chi connectivity index (χ0n) is 8.41. The monoisotopic (exact) mass is 266 g/mol. The number of ether oxygens (including phenoxy) is 1. The Morgan fingerprint density at radius 2 is 2.38 bits per heavy atom. The molecule has 2 N–H and O–H groups in total. The molecule has 8 heteroatoms. The first-order valence-electron chi connectivity index (χ1n) is 4.09. The standard InChI is InChI=1S/C8H10N2O4S.ClH/c1-14-8(11)3-6(9)5-2-7(10(12)13)15-4-5;/h2,4,6H,3,9H2,1H3;1H/t6-;/m0./s1. The second-order valence-corrected chi connectivity index (χ2v) is 3.75. The number of nitro groups is 1. The Labute approximate surface area is 102 Å². The third kappa shape index (κ3) is 3.76. The topological polar surface area (TPSA) is 95.5 Å². The molecule has 0 aliphatic carbocycles. The van der Waals surface area contributed by atoms with Crippen molar-refractivity contribution in [1.82, 2.24) is 0 Å². The Bertz CT molecular complexity index is 382. The highest BCUT2D eigenvalue weighted by Crippen LogP contribution is 2.27. The number of thiophene rings is 1. The van der Waals surface area contributed by atoms with E-state index in [0.29, 0.717) is 5.56 Å². The van der Waals surface area contributed by atoms with E-state index in [4.69, 9.17) is 5.73 Å². The number of hydrogen-bond donors (Lipinski definition) is 1. The lowest BCUT2D eigenvalue weighted by molar-refractivity contribution is -0.380. The van der Waals surface area contributed by atoms with Gasteiger partial charge < -0.3 is 10.5 Å². The SMILES string of the molecule is COC(=O)C[C@H](N)c1csc([N+](=O)[O-])c1.Cl. The summed E-state index contributed by atoms with van der Waals surface area (Å²) in [5, 5.41) is 12.0. The van der Waals surface area contributed by atoms with Crippen LogP contribution in [0.5, 0.6) is 0 Å². The van der Waals surface area contributed by atoms with Gasteiger partial charge in [-0.05, 0) is 5.56 Å². The van der Waals surface area contributed by atoms with Crippen molar-refractivity contribution in [2.45, 2.75) is 12.5 Å². The van der Waals surface area contributed by atoms with Crippen LogP contribution in [-0.2, 0) is 9.53 Å². The van der Waals surface area contributed by atoms with Crippen LogP contribution in [0, 0.1) is 10.1 Å². The lowest BCUT2D eigenvalue weighted by atomic mass is 10.1. The fourth-order valence-electron chi connectivity index (χ4n) is 1.01. The summed E-state index contributed by atoms with van der Waals surface area (Å²) in [7, 11) is 1.27. The molecule has 0 fully saturated rings. The fraction of sp³-hybridized carbons (Fsp3) is 0.375. The minimum absolute atomic E-state index is 0. The largest absolute Gasteiger partial charge is 0.469 e. The molecule has 6 nitrogen and oxygen atoms in total. The molecule has 1 aromatic rings. The van der Waals surface area contributed by atoms with Crippen molar-refractivity contribution in [3.63, 3.8) is 0 Å². The molecule has 0 amide bonds. The van der Waals surface area contributed by atoms with Crippen molar-refractivity contribution in [2.75, 3.05) is 7.11 Å². The molecule has 0 unspecified atom stereocenters. The highest BCUT2D eigenvalue weighted by molar-refractivity contribution is 7.13. The summed E-state index contributed by atoms with van der Waals surface area (Å²) in [6.45, 7) is 0. The lowest BCUT2D eigenvalue weighted by Gasteiger charge is -2.06. The quantitative estimate of drug-likeness (QED) is 0.508. The van der Waals surface area contributed by atoms with E-state index in [1.54, 1.807) is 5.38 Å². The molecular formula is C8H11ClN2O4S. The first-order valence-corrected chi connectivity index (χ1v) is 4.97. The first-order chi connectivity index (χ1) is 7.04. The van der Waals surface area contributed by atoms with Gasteiger partial charge >= 0.3 is 11.0 Å². The molecule has 0 aromatic carbocycles. The average molecular weight is 267 g/mol. The van der Waals surface area contributed by atoms with E-state index in [2.05, 4.69) is 4.74 Å². The van der Waals surface area contributed by atoms with E-state index >= 15 is 0 Å². The molecule has 0 aliphatic heterocycles. The average Bonchev–Trinajstić information content (AvgIpc) is 2.66. The normalized spacial score (nSPS) is 11.4. The number of esters is 1. The Morgan fingerprint density at radius 1 is 1.75 bits per heavy atom. The fourth-order valence-corrected chi connectivity index (χ4v) is 1.80. The second-order valence-electron chi connectivity index (χ2n) is 2.86. The number of carbonyl (C=O) groups excluding carboxylic acids is 1. The van der Waals surface area contributed by atoms with Gasteiger partial charge in [0.05, 0.1) is 18.5 Å². The van der Waals surface area contributed by atoms with Crippen molar-refractivity contribution in [2.24, 2.45) is 5.73 Å². The maximum atomic E-state index is 10.9. The molecule has 16 heavy (non-hydrogen) atoms. The predicted octanol–water partition coefficient (Wildman–Crippen LogP) is 1.64. The van der Waals surface area contributed by atoms with Gasteiger partial charge in [-0.1, -0.05) is 11.3 Å². The number of nitrogens with zero attached hydrogens (tertiary/aromatic N) is 1. The summed E-state index contributed by atoms with van der Waals surface area (Å²) in [6, 6.07) is 0.820. The Balaban J connectivity index is 0.00000225. The van der Waals surface area contributed by atoms with Gasteiger partial charge in [0.25, 0.3) is 0 Å². The van der Waals surface area contributed by atoms with Crippen LogP contribution < -0.4 is 5.73 Å². The number of halogens is 1. The molecule has 90 valence electrons. The van der Waals surface area contributed by atoms with E-state index in [0.717, 1.165) is 11.3 Å². The molecule has 1 aromatic heterocycles. The number of hydrogen-bond acceptors (Lipinski definition) is 6. The predicted molar refractivity (Wildman–Crippen MR) is 61.8 cm³/mol. The van der Waals surface area contributed by atoms with Crippen LogP contribution in [0.4, 0.5) is 5.00 Å². The highest BCUT2D eigenvalue weighted by atomic mass is 35.5. The van der Waals surface area contributed by atoms with E-state index in [-0.39, 0.29) is 23.8 Å². The molecule has 1 atom stereocenters. The van der Waals surface area contributed by atoms with Crippen LogP contribution in [0.3, 0.4) is 0 Å². The summed E-state index contributed by atoms with van der Waals surface area (Å²) < 4.78 is 4.45. The Hall–Kier alpha value is -1.18. The molecule has 0 saturated carbocycles. The van der Waals surface area contributed by atoms with Crippen molar-refractivity contribution >= 4 is 34.7 Å². The second kappa shape index (κ2) is 6.41. The maximum Gasteiger partial charge on any atom is 0.324 e. The van der Waals surface area contributed by atoms with E-state index in [1.165, 1.54) is 13.2 Å². The molecule has 0 radical (unpaired) electrons. The van der Waals surface area contributed by atoms with Crippen LogP contribution >= 0.6 is 23.7 Å². The summed E-state index contributed by atoms with van der Waals surface area (Å²) in [4.78, 5) is 20.8. The van der Waals surface area contributed by atoms with Gasteiger partial charge in [-0.2, -0.15) is 0 Å². The highest BCUT2D eigenvalue weighted by Gasteiger charge is 2.17. The molecule has 1 heterocycles. The summed E-state index contributed by atoms with van der Waals surface area (Å²) in [5.41, 5.74) is 6.25. The van der Waals surface area contributed by atoms with Crippen LogP contribution in [0.1, 0.15) is 18.0 Å². The summed E-state index contributed by atoms with van der Waals surface area (Å²) in [5.74, 6) is -0.434. The molecule has 1 rings (SSSR count). The summed E-state index contributed by atoms with van der Waals surface area (Å²) in [6.07, 6.45) is 0.0182. The summed E-state index contributed by atoms with van der Waals surface area (Å²) >= 11 is 0.989. The minimum atomic E-state index is -0.553. The lowest BCUT2D eigenvalue weighted by Crippen LogP contribution is -2.15. The maximum absolute atomic E-state index is 10.9. The van der Waals surface area contributed by atoms with Crippen molar-refractivity contribution in [3.8, 4) is 0 Å². The van der Waals surface area contributed by atoms with Crippen LogP contribution in [0.2, 0.25) is 0 Å². The van der Waals surface area contributed by atoms with Gasteiger partial charge in [-0.15, -0.1) is 12.4 Å². The molecule has 0 aliphatic rings. The third-order valence-electron chi connectivity index (χ3n) is 1.83. The smallest absolute Gasteiger partial charge is 0.324 e. The Kier molecular flexibility index (Phi) is 5.94. The number of methoxy groups -OCH3 is 1. The van der Waals surface area contributed by atoms with E-state index in [9.17, 15) is 14.9 Å². The van der Waals surface area contributed by atoms with Crippen LogP contribution in [0.25, 0.3) is 0 Å². The van der Waals surface area contributed by atoms with Crippen molar-refractivity contribution in [1.29, 1.82) is 0 Å². The molecule has 0 spiro atoms. The van der Waals surface area contributed by atoms with Crippen LogP contribution in [0.15, 0.2) is 11.4 Å². The van der Waals surface area contributed by atoms with Gasteiger partial charge in [0.1, 0.15) is 0 Å².